The molecule has 21 heavy (non-hydrogen) atoms. The molecule has 4 atom stereocenters. The van der Waals surface area contributed by atoms with Gasteiger partial charge in [0.25, 0.3) is 0 Å². The Balaban J connectivity index is 1.73. The van der Waals surface area contributed by atoms with Crippen molar-refractivity contribution in [2.24, 2.45) is 17.8 Å². The van der Waals surface area contributed by atoms with Gasteiger partial charge in [-0.1, -0.05) is 31.5 Å². The normalized spacial score (nSPS) is 28.8. The summed E-state index contributed by atoms with van der Waals surface area (Å²) in [7, 11) is 1.78. The Morgan fingerprint density at radius 2 is 2.10 bits per heavy atom. The van der Waals surface area contributed by atoms with Gasteiger partial charge in [-0.05, 0) is 68.0 Å². The third-order valence-electron chi connectivity index (χ3n) is 5.60. The molecule has 0 heterocycles. The molecule has 1 aromatic rings. The topological polar surface area (TPSA) is 21.3 Å². The average molecular weight is 287 g/mol. The molecule has 4 unspecified atom stereocenters. The highest BCUT2D eigenvalue weighted by Crippen LogP contribution is 2.50. The number of rotatable bonds is 7. The highest BCUT2D eigenvalue weighted by molar-refractivity contribution is 5.34. The van der Waals surface area contributed by atoms with E-state index in [0.29, 0.717) is 6.04 Å². The van der Waals surface area contributed by atoms with Crippen LogP contribution < -0.4 is 10.1 Å². The van der Waals surface area contributed by atoms with Crippen molar-refractivity contribution in [1.29, 1.82) is 0 Å². The predicted molar refractivity (Wildman–Crippen MR) is 87.7 cm³/mol. The minimum Gasteiger partial charge on any atom is -0.496 e. The van der Waals surface area contributed by atoms with Gasteiger partial charge in [0.05, 0.1) is 7.11 Å². The number of para-hydroxylation sites is 1. The monoisotopic (exact) mass is 287 g/mol. The van der Waals surface area contributed by atoms with Gasteiger partial charge in [-0.2, -0.15) is 0 Å². The molecule has 3 rings (SSSR count). The van der Waals surface area contributed by atoms with E-state index in [1.165, 1.54) is 37.7 Å². The number of fused-ring (bicyclic) bond motifs is 2. The largest absolute Gasteiger partial charge is 0.496 e. The summed E-state index contributed by atoms with van der Waals surface area (Å²) in [5.74, 6) is 3.91. The van der Waals surface area contributed by atoms with Gasteiger partial charge >= 0.3 is 0 Å². The number of methoxy groups -OCH3 is 1. The van der Waals surface area contributed by atoms with Gasteiger partial charge < -0.3 is 10.1 Å². The molecular weight excluding hydrogens is 258 g/mol. The van der Waals surface area contributed by atoms with Crippen LogP contribution in [-0.2, 0) is 6.42 Å². The van der Waals surface area contributed by atoms with Gasteiger partial charge in [0.1, 0.15) is 5.75 Å². The molecule has 0 aromatic heterocycles. The van der Waals surface area contributed by atoms with E-state index in [-0.39, 0.29) is 0 Å². The van der Waals surface area contributed by atoms with Crippen LogP contribution in [0.25, 0.3) is 0 Å². The van der Waals surface area contributed by atoms with E-state index >= 15 is 0 Å². The minimum atomic E-state index is 0.622. The van der Waals surface area contributed by atoms with Gasteiger partial charge in [-0.15, -0.1) is 0 Å². The molecule has 2 bridgehead atoms. The first-order valence-electron chi connectivity index (χ1n) is 8.67. The van der Waals surface area contributed by atoms with E-state index in [1.807, 2.05) is 0 Å². The van der Waals surface area contributed by atoms with Crippen LogP contribution in [0.3, 0.4) is 0 Å². The Kier molecular flexibility index (Phi) is 4.84. The molecular formula is C19H29NO. The maximum absolute atomic E-state index is 5.55. The fourth-order valence-corrected chi connectivity index (χ4v) is 4.60. The first kappa shape index (κ1) is 14.9. The summed E-state index contributed by atoms with van der Waals surface area (Å²) < 4.78 is 5.55. The molecule has 0 spiro atoms. The lowest BCUT2D eigenvalue weighted by Gasteiger charge is -2.32. The van der Waals surface area contributed by atoms with Crippen LogP contribution in [0.2, 0.25) is 0 Å². The number of benzene rings is 1. The van der Waals surface area contributed by atoms with Crippen molar-refractivity contribution in [1.82, 2.24) is 5.32 Å². The van der Waals surface area contributed by atoms with Crippen molar-refractivity contribution in [2.75, 3.05) is 13.7 Å². The first-order valence-corrected chi connectivity index (χ1v) is 8.67. The van der Waals surface area contributed by atoms with E-state index in [2.05, 4.69) is 36.5 Å². The number of hydrogen-bond donors (Lipinski definition) is 1. The third-order valence-corrected chi connectivity index (χ3v) is 5.60. The smallest absolute Gasteiger partial charge is 0.122 e. The quantitative estimate of drug-likeness (QED) is 0.817. The second-order valence-corrected chi connectivity index (χ2v) is 6.92. The van der Waals surface area contributed by atoms with Crippen molar-refractivity contribution in [3.05, 3.63) is 29.8 Å². The van der Waals surface area contributed by atoms with Gasteiger partial charge in [-0.3, -0.25) is 0 Å². The predicted octanol–water partition coefficient (Wildman–Crippen LogP) is 4.04. The Hall–Kier alpha value is -1.02. The minimum absolute atomic E-state index is 0.622. The van der Waals surface area contributed by atoms with Crippen molar-refractivity contribution < 1.29 is 4.74 Å². The van der Waals surface area contributed by atoms with E-state index in [9.17, 15) is 0 Å². The summed E-state index contributed by atoms with van der Waals surface area (Å²) in [4.78, 5) is 0. The zero-order valence-corrected chi connectivity index (χ0v) is 13.5. The van der Waals surface area contributed by atoms with Crippen LogP contribution in [0.15, 0.2) is 24.3 Å². The summed E-state index contributed by atoms with van der Waals surface area (Å²) in [5.41, 5.74) is 1.36. The zero-order chi connectivity index (χ0) is 14.7. The van der Waals surface area contributed by atoms with Gasteiger partial charge in [-0.25, -0.2) is 0 Å². The molecule has 2 saturated carbocycles. The van der Waals surface area contributed by atoms with E-state index < -0.39 is 0 Å². The molecule has 1 aromatic carbocycles. The maximum atomic E-state index is 5.55. The first-order chi connectivity index (χ1) is 10.3. The average Bonchev–Trinajstić information content (AvgIpc) is 3.14. The van der Waals surface area contributed by atoms with Crippen molar-refractivity contribution in [3.8, 4) is 5.75 Å². The summed E-state index contributed by atoms with van der Waals surface area (Å²) in [6.07, 6.45) is 8.20. The van der Waals surface area contributed by atoms with E-state index in [0.717, 1.165) is 36.5 Å². The molecule has 2 aliphatic rings. The van der Waals surface area contributed by atoms with E-state index in [1.54, 1.807) is 7.11 Å². The second-order valence-electron chi connectivity index (χ2n) is 6.92. The van der Waals surface area contributed by atoms with E-state index in [4.69, 9.17) is 4.74 Å². The molecule has 2 heteroatoms. The fourth-order valence-electron chi connectivity index (χ4n) is 4.60. The van der Waals surface area contributed by atoms with Gasteiger partial charge in [0.2, 0.25) is 0 Å². The SMILES string of the molecule is CCCNC(Cc1ccccc1OC)C1CC2CCC1C2. The van der Waals surface area contributed by atoms with Gasteiger partial charge in [0, 0.05) is 6.04 Å². The molecule has 2 aliphatic carbocycles. The third kappa shape index (κ3) is 3.26. The van der Waals surface area contributed by atoms with Crippen LogP contribution in [0.5, 0.6) is 5.75 Å². The number of ether oxygens (including phenoxy) is 1. The van der Waals surface area contributed by atoms with Crippen LogP contribution in [0.1, 0.15) is 44.6 Å². The molecule has 116 valence electrons. The van der Waals surface area contributed by atoms with Crippen LogP contribution in [0, 0.1) is 17.8 Å². The highest BCUT2D eigenvalue weighted by Gasteiger charge is 2.42. The zero-order valence-electron chi connectivity index (χ0n) is 13.5. The number of hydrogen-bond acceptors (Lipinski definition) is 2. The second kappa shape index (κ2) is 6.83. The molecule has 0 amide bonds. The summed E-state index contributed by atoms with van der Waals surface area (Å²) in [6.45, 7) is 3.39. The molecule has 2 nitrogen and oxygen atoms in total. The molecule has 0 radical (unpaired) electrons. The van der Waals surface area contributed by atoms with Crippen LogP contribution in [-0.4, -0.2) is 19.7 Å². The summed E-state index contributed by atoms with van der Waals surface area (Å²) >= 11 is 0. The van der Waals surface area contributed by atoms with Gasteiger partial charge in [0.15, 0.2) is 0 Å². The summed E-state index contributed by atoms with van der Waals surface area (Å²) in [6, 6.07) is 9.14. The molecule has 2 fully saturated rings. The molecule has 0 saturated heterocycles. The highest BCUT2D eigenvalue weighted by atomic mass is 16.5. The molecule has 1 N–H and O–H groups in total. The Labute approximate surface area is 129 Å². The summed E-state index contributed by atoms with van der Waals surface area (Å²) in [5, 5.41) is 3.84. The van der Waals surface area contributed by atoms with Crippen LogP contribution in [0.4, 0.5) is 0 Å². The lowest BCUT2D eigenvalue weighted by molar-refractivity contribution is 0.245. The van der Waals surface area contributed by atoms with Crippen molar-refractivity contribution in [3.63, 3.8) is 0 Å². The standard InChI is InChI=1S/C19H29NO/c1-3-10-20-18(17-12-14-8-9-15(17)11-14)13-16-6-4-5-7-19(16)21-2/h4-7,14-15,17-18,20H,3,8-13H2,1-2H3. The van der Waals surface area contributed by atoms with Crippen LogP contribution >= 0.6 is 0 Å². The Bertz CT molecular complexity index is 459. The Morgan fingerprint density at radius 1 is 1.24 bits per heavy atom. The number of nitrogens with one attached hydrogen (secondary N) is 1. The fraction of sp³-hybridized carbons (Fsp3) is 0.684. The lowest BCUT2D eigenvalue weighted by Crippen LogP contribution is -2.40. The molecule has 0 aliphatic heterocycles. The van der Waals surface area contributed by atoms with Crippen molar-refractivity contribution >= 4 is 0 Å². The maximum Gasteiger partial charge on any atom is 0.122 e. The lowest BCUT2D eigenvalue weighted by atomic mass is 9.80. The Morgan fingerprint density at radius 3 is 2.76 bits per heavy atom. The van der Waals surface area contributed by atoms with Crippen molar-refractivity contribution in [2.45, 2.75) is 51.5 Å².